The number of rotatable bonds is 9. The van der Waals surface area contributed by atoms with Crippen LogP contribution in [-0.4, -0.2) is 56.3 Å². The first-order valence-electron chi connectivity index (χ1n) is 14.1. The van der Waals surface area contributed by atoms with Crippen LogP contribution in [0.1, 0.15) is 55.8 Å². The number of carbonyl (C=O) groups excluding carboxylic acids is 1. The van der Waals surface area contributed by atoms with Gasteiger partial charge in [0.05, 0.1) is 23.8 Å². The fourth-order valence-corrected chi connectivity index (χ4v) is 5.20. The molecule has 3 heterocycles. The average molecular weight is 571 g/mol. The van der Waals surface area contributed by atoms with Crippen LogP contribution in [0.2, 0.25) is 0 Å². The number of aromatic nitrogens is 4. The first kappa shape index (κ1) is 27.5. The molecule has 0 atom stereocenters. The summed E-state index contributed by atoms with van der Waals surface area (Å²) >= 11 is 0. The number of carbonyl (C=O) groups is 1. The molecule has 11 heteroatoms. The SMILES string of the molecule is COc1cc(C(=O)NCC(C)(C)O)ccc1Nc1nc(OC2CCCC2)c2c(-c3ccc4nc(C)oc4c3)c[nH]c2n1. The van der Waals surface area contributed by atoms with Crippen LogP contribution in [0.4, 0.5) is 11.6 Å². The van der Waals surface area contributed by atoms with E-state index in [-0.39, 0.29) is 18.6 Å². The van der Waals surface area contributed by atoms with E-state index in [9.17, 15) is 9.90 Å². The average Bonchev–Trinajstić information content (AvgIpc) is 3.70. The van der Waals surface area contributed by atoms with Crippen LogP contribution in [0.25, 0.3) is 33.3 Å². The molecule has 2 aromatic carbocycles. The second-order valence-corrected chi connectivity index (χ2v) is 11.3. The van der Waals surface area contributed by atoms with Crippen LogP contribution >= 0.6 is 0 Å². The van der Waals surface area contributed by atoms with Crippen molar-refractivity contribution in [1.29, 1.82) is 0 Å². The molecule has 3 aromatic heterocycles. The standard InChI is InChI=1S/C31H34N6O5/c1-17-34-23-11-9-18(13-25(23)41-17)21-15-32-27-26(21)29(42-20-7-5-6-8-20)37-30(36-27)35-22-12-10-19(14-24(22)40-4)28(38)33-16-31(2,3)39/h9-15,20,39H,5-8,16H2,1-4H3,(H,33,38)(H2,32,35,36,37). The number of fused-ring (bicyclic) bond motifs is 2. The number of aryl methyl sites for hydroxylation is 1. The summed E-state index contributed by atoms with van der Waals surface area (Å²) < 4.78 is 17.8. The van der Waals surface area contributed by atoms with Gasteiger partial charge in [0.15, 0.2) is 11.5 Å². The third-order valence-corrected chi connectivity index (χ3v) is 7.28. The Balaban J connectivity index is 1.34. The highest BCUT2D eigenvalue weighted by molar-refractivity contribution is 5.99. The van der Waals surface area contributed by atoms with Crippen molar-refractivity contribution in [3.05, 3.63) is 54.0 Å². The van der Waals surface area contributed by atoms with Crippen LogP contribution < -0.4 is 20.1 Å². The molecule has 0 spiro atoms. The van der Waals surface area contributed by atoms with Gasteiger partial charge in [-0.2, -0.15) is 9.97 Å². The third kappa shape index (κ3) is 5.73. The lowest BCUT2D eigenvalue weighted by Crippen LogP contribution is -2.38. The van der Waals surface area contributed by atoms with Crippen molar-refractivity contribution >= 4 is 39.7 Å². The van der Waals surface area contributed by atoms with E-state index >= 15 is 0 Å². The zero-order chi connectivity index (χ0) is 29.4. The summed E-state index contributed by atoms with van der Waals surface area (Å²) in [5.41, 5.74) is 3.93. The lowest BCUT2D eigenvalue weighted by atomic mass is 10.1. The smallest absolute Gasteiger partial charge is 0.251 e. The summed E-state index contributed by atoms with van der Waals surface area (Å²) in [5, 5.41) is 16.7. The van der Waals surface area contributed by atoms with Crippen LogP contribution in [0.5, 0.6) is 11.6 Å². The van der Waals surface area contributed by atoms with Crippen LogP contribution in [-0.2, 0) is 0 Å². The third-order valence-electron chi connectivity index (χ3n) is 7.28. The van der Waals surface area contributed by atoms with E-state index in [1.807, 2.05) is 31.3 Å². The lowest BCUT2D eigenvalue weighted by Gasteiger charge is -2.18. The number of H-pyrrole nitrogens is 1. The highest BCUT2D eigenvalue weighted by atomic mass is 16.5. The monoisotopic (exact) mass is 570 g/mol. The van der Waals surface area contributed by atoms with Crippen molar-refractivity contribution in [1.82, 2.24) is 25.3 Å². The maximum Gasteiger partial charge on any atom is 0.251 e. The molecule has 5 aromatic rings. The number of aliphatic hydroxyl groups is 1. The summed E-state index contributed by atoms with van der Waals surface area (Å²) in [6, 6.07) is 10.9. The molecule has 0 radical (unpaired) electrons. The number of nitrogens with zero attached hydrogens (tertiary/aromatic N) is 3. The van der Waals surface area contributed by atoms with Crippen molar-refractivity contribution in [3.63, 3.8) is 0 Å². The number of nitrogens with one attached hydrogen (secondary N) is 3. The Morgan fingerprint density at radius 3 is 2.71 bits per heavy atom. The zero-order valence-electron chi connectivity index (χ0n) is 24.1. The van der Waals surface area contributed by atoms with Gasteiger partial charge in [0.1, 0.15) is 23.0 Å². The molecule has 1 amide bonds. The highest BCUT2D eigenvalue weighted by Crippen LogP contribution is 2.38. The molecule has 1 aliphatic rings. The van der Waals surface area contributed by atoms with Crippen molar-refractivity contribution in [2.75, 3.05) is 19.0 Å². The molecule has 0 bridgehead atoms. The molecule has 6 rings (SSSR count). The minimum atomic E-state index is -1.02. The summed E-state index contributed by atoms with van der Waals surface area (Å²) in [5.74, 6) is 1.55. The van der Waals surface area contributed by atoms with Gasteiger partial charge in [0.2, 0.25) is 11.8 Å². The number of benzene rings is 2. The van der Waals surface area contributed by atoms with Gasteiger partial charge in [0.25, 0.3) is 5.91 Å². The van der Waals surface area contributed by atoms with E-state index in [2.05, 4.69) is 20.6 Å². The van der Waals surface area contributed by atoms with E-state index in [0.29, 0.717) is 45.9 Å². The second-order valence-electron chi connectivity index (χ2n) is 11.3. The molecule has 0 unspecified atom stereocenters. The fourth-order valence-electron chi connectivity index (χ4n) is 5.20. The number of aromatic amines is 1. The fraction of sp³-hybridized carbons (Fsp3) is 0.355. The minimum absolute atomic E-state index is 0.0781. The Bertz CT molecular complexity index is 1760. The topological polar surface area (TPSA) is 147 Å². The second kappa shape index (κ2) is 11.0. The molecule has 1 fully saturated rings. The van der Waals surface area contributed by atoms with Gasteiger partial charge >= 0.3 is 0 Å². The van der Waals surface area contributed by atoms with Gasteiger partial charge in [-0.1, -0.05) is 6.07 Å². The normalized spacial score (nSPS) is 14.0. The highest BCUT2D eigenvalue weighted by Gasteiger charge is 2.23. The van der Waals surface area contributed by atoms with Crippen molar-refractivity contribution in [3.8, 4) is 22.8 Å². The van der Waals surface area contributed by atoms with Crippen LogP contribution in [0.15, 0.2) is 47.0 Å². The van der Waals surface area contributed by atoms with Gasteiger partial charge in [0, 0.05) is 30.8 Å². The van der Waals surface area contributed by atoms with E-state index in [4.69, 9.17) is 23.9 Å². The van der Waals surface area contributed by atoms with E-state index < -0.39 is 5.60 Å². The number of oxazole rings is 1. The molecule has 0 aliphatic heterocycles. The van der Waals surface area contributed by atoms with E-state index in [1.165, 1.54) is 7.11 Å². The summed E-state index contributed by atoms with van der Waals surface area (Å²) in [4.78, 5) is 29.9. The molecule has 0 saturated heterocycles. The van der Waals surface area contributed by atoms with Gasteiger partial charge in [-0.25, -0.2) is 4.98 Å². The lowest BCUT2D eigenvalue weighted by molar-refractivity contribution is 0.0694. The predicted molar refractivity (Wildman–Crippen MR) is 159 cm³/mol. The molecule has 1 aliphatic carbocycles. The Kier molecular flexibility index (Phi) is 7.19. The van der Waals surface area contributed by atoms with E-state index in [1.54, 1.807) is 32.0 Å². The number of methoxy groups -OCH3 is 1. The molecule has 218 valence electrons. The quantitative estimate of drug-likeness (QED) is 0.176. The molecular weight excluding hydrogens is 536 g/mol. The van der Waals surface area contributed by atoms with Gasteiger partial charge in [-0.05, 0) is 75.4 Å². The first-order valence-corrected chi connectivity index (χ1v) is 14.1. The molecule has 1 saturated carbocycles. The predicted octanol–water partition coefficient (Wildman–Crippen LogP) is 5.65. The Morgan fingerprint density at radius 1 is 1.14 bits per heavy atom. The van der Waals surface area contributed by atoms with Gasteiger partial charge in [-0.15, -0.1) is 0 Å². The number of anilines is 2. The van der Waals surface area contributed by atoms with Gasteiger partial charge < -0.3 is 34.6 Å². The maximum absolute atomic E-state index is 12.6. The summed E-state index contributed by atoms with van der Waals surface area (Å²) in [6.45, 7) is 5.21. The zero-order valence-corrected chi connectivity index (χ0v) is 24.1. The van der Waals surface area contributed by atoms with Crippen LogP contribution in [0.3, 0.4) is 0 Å². The number of hydrogen-bond donors (Lipinski definition) is 4. The summed E-state index contributed by atoms with van der Waals surface area (Å²) in [7, 11) is 1.53. The van der Waals surface area contributed by atoms with Crippen molar-refractivity contribution in [2.24, 2.45) is 0 Å². The Hall–Kier alpha value is -4.64. The number of ether oxygens (including phenoxy) is 2. The maximum atomic E-state index is 12.6. The van der Waals surface area contributed by atoms with Crippen molar-refractivity contribution in [2.45, 2.75) is 58.2 Å². The minimum Gasteiger partial charge on any atom is -0.495 e. The Morgan fingerprint density at radius 2 is 1.95 bits per heavy atom. The molecule has 4 N–H and O–H groups in total. The number of amides is 1. The van der Waals surface area contributed by atoms with E-state index in [0.717, 1.165) is 47.7 Å². The number of hydrogen-bond acceptors (Lipinski definition) is 9. The van der Waals surface area contributed by atoms with Gasteiger partial charge in [-0.3, -0.25) is 4.79 Å². The van der Waals surface area contributed by atoms with Crippen LogP contribution in [0, 0.1) is 6.92 Å². The Labute approximate surface area is 242 Å². The van der Waals surface area contributed by atoms with Crippen molar-refractivity contribution < 1.29 is 23.8 Å². The summed E-state index contributed by atoms with van der Waals surface area (Å²) in [6.07, 6.45) is 6.17. The molecular formula is C31H34N6O5. The molecule has 42 heavy (non-hydrogen) atoms. The largest absolute Gasteiger partial charge is 0.495 e. The molecule has 11 nitrogen and oxygen atoms in total. The first-order chi connectivity index (χ1) is 20.2.